The first-order valence-electron chi connectivity index (χ1n) is 4.66. The number of halogens is 9. The molecule has 0 spiro atoms. The Bertz CT molecular complexity index is 484. The van der Waals surface area contributed by atoms with Crippen LogP contribution < -0.4 is 4.74 Å². The second kappa shape index (κ2) is 5.70. The van der Waals surface area contributed by atoms with Gasteiger partial charge in [0.1, 0.15) is 5.75 Å². The largest absolute Gasteiger partial charge is 0.573 e. The van der Waals surface area contributed by atoms with Gasteiger partial charge in [-0.2, -0.15) is 13.2 Å². The Morgan fingerprint density at radius 1 is 1.15 bits per heavy atom. The predicted octanol–water partition coefficient (Wildman–Crippen LogP) is 4.83. The fraction of sp³-hybridized carbons (Fsp3) is 0.444. The second-order valence-corrected chi connectivity index (χ2v) is 3.92. The lowest BCUT2D eigenvalue weighted by atomic mass is 10.1. The summed E-state index contributed by atoms with van der Waals surface area (Å²) in [7, 11) is 0. The second-order valence-electron chi connectivity index (χ2n) is 3.35. The number of hydrogen-bond donors (Lipinski definition) is 0. The van der Waals surface area contributed by atoms with Gasteiger partial charge in [-0.05, 0) is 0 Å². The summed E-state index contributed by atoms with van der Waals surface area (Å²) < 4.78 is 103. The average Bonchev–Trinajstić information content (AvgIpc) is 2.24. The molecule has 1 aromatic rings. The number of nitrogens with zero attached hydrogens (tertiary/aromatic N) is 1. The minimum atomic E-state index is -5.41. The molecule has 0 fully saturated rings. The zero-order valence-electron chi connectivity index (χ0n) is 9.12. The van der Waals surface area contributed by atoms with Gasteiger partial charge in [0.15, 0.2) is 5.69 Å². The molecule has 0 aliphatic rings. The number of rotatable bonds is 3. The van der Waals surface area contributed by atoms with E-state index in [0.29, 0.717) is 6.20 Å². The highest BCUT2D eigenvalue weighted by Crippen LogP contribution is 2.43. The van der Waals surface area contributed by atoms with E-state index < -0.39 is 46.9 Å². The van der Waals surface area contributed by atoms with Crippen molar-refractivity contribution in [3.8, 4) is 5.75 Å². The molecule has 114 valence electrons. The molecule has 0 saturated heterocycles. The lowest BCUT2D eigenvalue weighted by Gasteiger charge is -2.19. The topological polar surface area (TPSA) is 22.1 Å². The number of ether oxygens (including phenoxy) is 1. The minimum Gasteiger partial charge on any atom is -0.405 e. The standard InChI is InChI=1S/C9H4BrF8NO/c10-1-3-2-19-6(8(13,14)15)4(7(11)12)5(3)20-9(16,17)18/h2,7H,1H2. The van der Waals surface area contributed by atoms with E-state index in [0.717, 1.165) is 0 Å². The molecule has 0 bridgehead atoms. The third-order valence-electron chi connectivity index (χ3n) is 1.99. The van der Waals surface area contributed by atoms with Gasteiger partial charge >= 0.3 is 12.5 Å². The summed E-state index contributed by atoms with van der Waals surface area (Å²) in [4.78, 5) is 2.75. The Balaban J connectivity index is 3.58. The van der Waals surface area contributed by atoms with Crippen LogP contribution in [0.1, 0.15) is 23.2 Å². The average molecular weight is 374 g/mol. The molecule has 0 N–H and O–H groups in total. The van der Waals surface area contributed by atoms with E-state index in [9.17, 15) is 35.1 Å². The van der Waals surface area contributed by atoms with Crippen LogP contribution >= 0.6 is 15.9 Å². The van der Waals surface area contributed by atoms with Crippen LogP contribution in [0.25, 0.3) is 0 Å². The first kappa shape index (κ1) is 16.9. The van der Waals surface area contributed by atoms with Crippen molar-refractivity contribution in [3.63, 3.8) is 0 Å². The molecule has 0 saturated carbocycles. The molecule has 0 aliphatic carbocycles. The van der Waals surface area contributed by atoms with Gasteiger partial charge in [0.2, 0.25) is 0 Å². The van der Waals surface area contributed by atoms with Gasteiger partial charge in [-0.25, -0.2) is 8.78 Å². The van der Waals surface area contributed by atoms with Crippen LogP contribution in [0.4, 0.5) is 35.1 Å². The Morgan fingerprint density at radius 2 is 1.70 bits per heavy atom. The molecule has 1 aromatic heterocycles. The van der Waals surface area contributed by atoms with Gasteiger partial charge in [0.25, 0.3) is 6.43 Å². The third kappa shape index (κ3) is 3.93. The minimum absolute atomic E-state index is 0.393. The fourth-order valence-corrected chi connectivity index (χ4v) is 1.71. The van der Waals surface area contributed by atoms with E-state index in [2.05, 4.69) is 25.7 Å². The molecule has 0 aromatic carbocycles. The number of hydrogen-bond acceptors (Lipinski definition) is 2. The van der Waals surface area contributed by atoms with E-state index in [1.807, 2.05) is 0 Å². The van der Waals surface area contributed by atoms with E-state index in [4.69, 9.17) is 0 Å². The van der Waals surface area contributed by atoms with E-state index in [1.165, 1.54) is 0 Å². The Morgan fingerprint density at radius 3 is 2.05 bits per heavy atom. The van der Waals surface area contributed by atoms with E-state index in [1.54, 1.807) is 0 Å². The molecule has 1 rings (SSSR count). The van der Waals surface area contributed by atoms with Gasteiger partial charge < -0.3 is 4.74 Å². The van der Waals surface area contributed by atoms with Crippen molar-refractivity contribution in [3.05, 3.63) is 23.0 Å². The normalized spacial score (nSPS) is 12.9. The molecule has 0 aliphatic heterocycles. The van der Waals surface area contributed by atoms with Crippen molar-refractivity contribution in [1.29, 1.82) is 0 Å². The summed E-state index contributed by atoms with van der Waals surface area (Å²) in [6.45, 7) is 0. The third-order valence-corrected chi connectivity index (χ3v) is 2.59. The molecule has 20 heavy (non-hydrogen) atoms. The van der Waals surface area contributed by atoms with E-state index in [-0.39, 0.29) is 0 Å². The first-order chi connectivity index (χ1) is 8.97. The summed E-state index contributed by atoms with van der Waals surface area (Å²) in [5, 5.41) is -0.441. The lowest BCUT2D eigenvalue weighted by Crippen LogP contribution is -2.22. The highest BCUT2D eigenvalue weighted by atomic mass is 79.9. The molecule has 0 atom stereocenters. The van der Waals surface area contributed by atoms with Crippen LogP contribution in [0.5, 0.6) is 5.75 Å². The smallest absolute Gasteiger partial charge is 0.405 e. The maximum atomic E-state index is 12.7. The highest BCUT2D eigenvalue weighted by Gasteiger charge is 2.43. The summed E-state index contributed by atoms with van der Waals surface area (Å²) in [5.41, 5.74) is -4.63. The lowest BCUT2D eigenvalue weighted by molar-refractivity contribution is -0.275. The molecule has 0 unspecified atom stereocenters. The summed E-state index contributed by atoms with van der Waals surface area (Å²) in [6, 6.07) is 0. The van der Waals surface area contributed by atoms with Crippen LogP contribution in [-0.2, 0) is 11.5 Å². The molecule has 2 nitrogen and oxygen atoms in total. The maximum Gasteiger partial charge on any atom is 0.573 e. The summed E-state index contributed by atoms with van der Waals surface area (Å²) >= 11 is 2.66. The Hall–Kier alpha value is -1.13. The predicted molar refractivity (Wildman–Crippen MR) is 53.5 cm³/mol. The van der Waals surface area contributed by atoms with Gasteiger partial charge in [0.05, 0.1) is 5.56 Å². The Labute approximate surface area is 114 Å². The van der Waals surface area contributed by atoms with Crippen LogP contribution in [0.3, 0.4) is 0 Å². The zero-order chi connectivity index (χ0) is 15.7. The van der Waals surface area contributed by atoms with Crippen LogP contribution in [-0.4, -0.2) is 11.3 Å². The van der Waals surface area contributed by atoms with Crippen molar-refractivity contribution in [2.45, 2.75) is 24.3 Å². The molecular weight excluding hydrogens is 370 g/mol. The van der Waals surface area contributed by atoms with Crippen molar-refractivity contribution < 1.29 is 39.9 Å². The highest BCUT2D eigenvalue weighted by molar-refractivity contribution is 9.08. The zero-order valence-corrected chi connectivity index (χ0v) is 10.7. The quantitative estimate of drug-likeness (QED) is 0.559. The van der Waals surface area contributed by atoms with Gasteiger partial charge in [-0.1, -0.05) is 15.9 Å². The van der Waals surface area contributed by atoms with Crippen molar-refractivity contribution in [1.82, 2.24) is 4.98 Å². The summed E-state index contributed by atoms with van der Waals surface area (Å²) in [6.07, 6.45) is -14.2. The van der Waals surface area contributed by atoms with Crippen molar-refractivity contribution in [2.75, 3.05) is 0 Å². The SMILES string of the molecule is FC(F)c1c(C(F)(F)F)ncc(CBr)c1OC(F)(F)F. The van der Waals surface area contributed by atoms with E-state index >= 15 is 0 Å². The molecule has 1 heterocycles. The van der Waals surface area contributed by atoms with Crippen LogP contribution in [0.15, 0.2) is 6.20 Å². The number of alkyl halides is 9. The van der Waals surface area contributed by atoms with Crippen molar-refractivity contribution in [2.24, 2.45) is 0 Å². The number of aromatic nitrogens is 1. The molecule has 0 amide bonds. The van der Waals surface area contributed by atoms with Gasteiger partial charge in [-0.15, -0.1) is 13.2 Å². The maximum absolute atomic E-state index is 12.7. The number of pyridine rings is 1. The fourth-order valence-electron chi connectivity index (χ4n) is 1.31. The molecular formula is C9H4BrF8NO. The first-order valence-corrected chi connectivity index (χ1v) is 5.78. The van der Waals surface area contributed by atoms with Crippen LogP contribution in [0, 0.1) is 0 Å². The summed E-state index contributed by atoms with van der Waals surface area (Å²) in [5.74, 6) is -1.59. The van der Waals surface area contributed by atoms with Crippen molar-refractivity contribution >= 4 is 15.9 Å². The van der Waals surface area contributed by atoms with Gasteiger partial charge in [-0.3, -0.25) is 4.98 Å². The monoisotopic (exact) mass is 373 g/mol. The molecule has 11 heteroatoms. The molecule has 0 radical (unpaired) electrons. The van der Waals surface area contributed by atoms with Gasteiger partial charge in [0, 0.05) is 17.1 Å². The van der Waals surface area contributed by atoms with Crippen LogP contribution in [0.2, 0.25) is 0 Å². The Kier molecular flexibility index (Phi) is 4.82.